The number of anilines is 1. The van der Waals surface area contributed by atoms with Crippen molar-refractivity contribution in [1.29, 1.82) is 0 Å². The van der Waals surface area contributed by atoms with Gasteiger partial charge < -0.3 is 14.5 Å². The van der Waals surface area contributed by atoms with E-state index in [1.807, 2.05) is 11.8 Å². The Morgan fingerprint density at radius 3 is 2.34 bits per heavy atom. The summed E-state index contributed by atoms with van der Waals surface area (Å²) in [6.45, 7) is 8.52. The number of ether oxygens (including phenoxy) is 1. The number of carbonyl (C=O) groups excluding carboxylic acids is 1. The molecule has 29 heavy (non-hydrogen) atoms. The summed E-state index contributed by atoms with van der Waals surface area (Å²) in [5.74, 6) is 0.532. The molecule has 1 saturated heterocycles. The van der Waals surface area contributed by atoms with Crippen LogP contribution in [-0.2, 0) is 10.0 Å². The van der Waals surface area contributed by atoms with Crippen LogP contribution in [0.5, 0.6) is 5.75 Å². The molecule has 0 atom stereocenters. The van der Waals surface area contributed by atoms with Crippen molar-refractivity contribution in [3.8, 4) is 5.75 Å². The molecule has 0 aromatic heterocycles. The maximum atomic E-state index is 12.8. The minimum atomic E-state index is -3.76. The van der Waals surface area contributed by atoms with E-state index in [0.29, 0.717) is 36.7 Å². The van der Waals surface area contributed by atoms with E-state index in [0.717, 1.165) is 19.6 Å². The molecule has 0 spiro atoms. The molecule has 0 aliphatic carbocycles. The molecule has 2 aromatic carbocycles. The minimum absolute atomic E-state index is 0.0807. The van der Waals surface area contributed by atoms with Crippen molar-refractivity contribution in [1.82, 2.24) is 9.80 Å². The maximum Gasteiger partial charge on any atom is 0.261 e. The van der Waals surface area contributed by atoms with E-state index < -0.39 is 10.0 Å². The van der Waals surface area contributed by atoms with Crippen LogP contribution in [0.3, 0.4) is 0 Å². The van der Waals surface area contributed by atoms with Gasteiger partial charge in [-0.1, -0.05) is 13.0 Å². The van der Waals surface area contributed by atoms with Crippen LogP contribution in [0, 0.1) is 0 Å². The topological polar surface area (TPSA) is 78.9 Å². The van der Waals surface area contributed by atoms with Crippen molar-refractivity contribution in [2.24, 2.45) is 0 Å². The van der Waals surface area contributed by atoms with Crippen molar-refractivity contribution >= 4 is 21.6 Å². The van der Waals surface area contributed by atoms with E-state index in [9.17, 15) is 13.2 Å². The van der Waals surface area contributed by atoms with Crippen molar-refractivity contribution in [2.75, 3.05) is 44.1 Å². The average Bonchev–Trinajstić information content (AvgIpc) is 2.74. The molecule has 1 aliphatic rings. The summed E-state index contributed by atoms with van der Waals surface area (Å²) in [4.78, 5) is 17.0. The molecular formula is C21H27N3O4S. The van der Waals surface area contributed by atoms with Gasteiger partial charge in [-0.15, -0.1) is 0 Å². The van der Waals surface area contributed by atoms with E-state index in [1.54, 1.807) is 36.4 Å². The Balaban J connectivity index is 1.71. The molecule has 1 heterocycles. The van der Waals surface area contributed by atoms with Crippen LogP contribution in [0.15, 0.2) is 53.4 Å². The Morgan fingerprint density at radius 1 is 1.03 bits per heavy atom. The molecule has 3 rings (SSSR count). The van der Waals surface area contributed by atoms with Crippen molar-refractivity contribution in [3.05, 3.63) is 54.1 Å². The lowest BCUT2D eigenvalue weighted by Crippen LogP contribution is -2.48. The van der Waals surface area contributed by atoms with Gasteiger partial charge in [0, 0.05) is 37.4 Å². The predicted octanol–water partition coefficient (Wildman–Crippen LogP) is 2.66. The zero-order valence-corrected chi connectivity index (χ0v) is 17.6. The molecule has 156 valence electrons. The van der Waals surface area contributed by atoms with Gasteiger partial charge in [0.25, 0.3) is 15.9 Å². The second-order valence-electron chi connectivity index (χ2n) is 6.82. The number of benzene rings is 2. The van der Waals surface area contributed by atoms with Crippen LogP contribution >= 0.6 is 0 Å². The molecule has 7 nitrogen and oxygen atoms in total. The van der Waals surface area contributed by atoms with E-state index in [2.05, 4.69) is 16.5 Å². The average molecular weight is 418 g/mol. The first-order valence-corrected chi connectivity index (χ1v) is 11.3. The normalized spacial score (nSPS) is 15.2. The number of hydrogen-bond acceptors (Lipinski definition) is 5. The SMILES string of the molecule is CCOc1ccc(S(=O)(=O)Nc2cccc(C(=O)N3CCN(CC)CC3)c2)cc1. The smallest absolute Gasteiger partial charge is 0.261 e. The van der Waals surface area contributed by atoms with E-state index in [1.165, 1.54) is 12.1 Å². The number of nitrogens with zero attached hydrogens (tertiary/aromatic N) is 2. The van der Waals surface area contributed by atoms with Crippen LogP contribution in [0.4, 0.5) is 5.69 Å². The fourth-order valence-corrected chi connectivity index (χ4v) is 4.31. The van der Waals surface area contributed by atoms with Crippen molar-refractivity contribution in [2.45, 2.75) is 18.7 Å². The molecule has 1 aliphatic heterocycles. The minimum Gasteiger partial charge on any atom is -0.494 e. The number of hydrogen-bond donors (Lipinski definition) is 1. The highest BCUT2D eigenvalue weighted by Gasteiger charge is 2.22. The third kappa shape index (κ3) is 5.27. The number of nitrogens with one attached hydrogen (secondary N) is 1. The molecule has 1 amide bonds. The van der Waals surface area contributed by atoms with Gasteiger partial charge in [0.15, 0.2) is 0 Å². The number of carbonyl (C=O) groups is 1. The molecule has 0 radical (unpaired) electrons. The zero-order valence-electron chi connectivity index (χ0n) is 16.8. The van der Waals surface area contributed by atoms with Gasteiger partial charge in [-0.3, -0.25) is 9.52 Å². The van der Waals surface area contributed by atoms with Gasteiger partial charge in [-0.25, -0.2) is 8.42 Å². The molecule has 0 unspecified atom stereocenters. The highest BCUT2D eigenvalue weighted by atomic mass is 32.2. The quantitative estimate of drug-likeness (QED) is 0.749. The van der Waals surface area contributed by atoms with Crippen molar-refractivity contribution < 1.29 is 17.9 Å². The molecule has 1 fully saturated rings. The highest BCUT2D eigenvalue weighted by molar-refractivity contribution is 7.92. The Labute approximate surface area is 172 Å². The molecular weight excluding hydrogens is 390 g/mol. The number of amides is 1. The summed E-state index contributed by atoms with van der Waals surface area (Å²) >= 11 is 0. The predicted molar refractivity (Wildman–Crippen MR) is 113 cm³/mol. The maximum absolute atomic E-state index is 12.8. The first-order valence-electron chi connectivity index (χ1n) is 9.80. The largest absolute Gasteiger partial charge is 0.494 e. The Hall–Kier alpha value is -2.58. The summed E-state index contributed by atoms with van der Waals surface area (Å²) in [6, 6.07) is 12.8. The lowest BCUT2D eigenvalue weighted by molar-refractivity contribution is 0.0643. The number of sulfonamides is 1. The van der Waals surface area contributed by atoms with E-state index >= 15 is 0 Å². The van der Waals surface area contributed by atoms with Gasteiger partial charge in [-0.05, 0) is 55.9 Å². The zero-order chi connectivity index (χ0) is 20.9. The standard InChI is InChI=1S/C21H27N3O4S/c1-3-23-12-14-24(15-13-23)21(25)17-6-5-7-18(16-17)22-29(26,27)20-10-8-19(9-11-20)28-4-2/h5-11,16,22H,3-4,12-15H2,1-2H3. The lowest BCUT2D eigenvalue weighted by atomic mass is 10.1. The van der Waals surface area contributed by atoms with Crippen LogP contribution < -0.4 is 9.46 Å². The molecule has 0 saturated carbocycles. The van der Waals surface area contributed by atoms with Crippen molar-refractivity contribution in [3.63, 3.8) is 0 Å². The Morgan fingerprint density at radius 2 is 1.72 bits per heavy atom. The molecule has 8 heteroatoms. The van der Waals surface area contributed by atoms with Crippen LogP contribution in [0.1, 0.15) is 24.2 Å². The first-order chi connectivity index (χ1) is 13.9. The number of likely N-dealkylation sites (N-methyl/N-ethyl adjacent to an activating group) is 1. The fraction of sp³-hybridized carbons (Fsp3) is 0.381. The fourth-order valence-electron chi connectivity index (χ4n) is 3.26. The third-order valence-corrected chi connectivity index (χ3v) is 6.31. The third-order valence-electron chi connectivity index (χ3n) is 4.91. The summed E-state index contributed by atoms with van der Waals surface area (Å²) in [6.07, 6.45) is 0. The van der Waals surface area contributed by atoms with Gasteiger partial charge in [0.05, 0.1) is 11.5 Å². The molecule has 0 bridgehead atoms. The Bertz CT molecular complexity index is 937. The number of rotatable bonds is 7. The van der Waals surface area contributed by atoms with E-state index in [-0.39, 0.29) is 10.8 Å². The molecule has 2 aromatic rings. The summed E-state index contributed by atoms with van der Waals surface area (Å²) in [7, 11) is -3.76. The van der Waals surface area contributed by atoms with E-state index in [4.69, 9.17) is 4.74 Å². The lowest BCUT2D eigenvalue weighted by Gasteiger charge is -2.34. The second-order valence-corrected chi connectivity index (χ2v) is 8.50. The monoisotopic (exact) mass is 417 g/mol. The van der Waals surface area contributed by atoms with Gasteiger partial charge in [0.1, 0.15) is 5.75 Å². The number of piperazine rings is 1. The van der Waals surface area contributed by atoms with Gasteiger partial charge in [0.2, 0.25) is 0 Å². The molecule has 1 N–H and O–H groups in total. The Kier molecular flexibility index (Phi) is 6.76. The highest BCUT2D eigenvalue weighted by Crippen LogP contribution is 2.21. The second kappa shape index (κ2) is 9.28. The van der Waals surface area contributed by atoms with Crippen LogP contribution in [0.25, 0.3) is 0 Å². The summed E-state index contributed by atoms with van der Waals surface area (Å²) in [5, 5.41) is 0. The summed E-state index contributed by atoms with van der Waals surface area (Å²) in [5.41, 5.74) is 0.832. The van der Waals surface area contributed by atoms with Crippen LogP contribution in [0.2, 0.25) is 0 Å². The first kappa shape index (κ1) is 21.1. The van der Waals surface area contributed by atoms with Gasteiger partial charge in [-0.2, -0.15) is 0 Å². The van der Waals surface area contributed by atoms with Gasteiger partial charge >= 0.3 is 0 Å². The van der Waals surface area contributed by atoms with Crippen LogP contribution in [-0.4, -0.2) is 63.5 Å². The summed E-state index contributed by atoms with van der Waals surface area (Å²) < 4.78 is 33.2.